The van der Waals surface area contributed by atoms with Gasteiger partial charge in [-0.1, -0.05) is 30.3 Å². The topological polar surface area (TPSA) is 62.2 Å². The minimum atomic E-state index is -0.213. The molecule has 2 heterocycles. The van der Waals surface area contributed by atoms with Crippen molar-refractivity contribution in [2.24, 2.45) is 0 Å². The van der Waals surface area contributed by atoms with Crippen molar-refractivity contribution >= 4 is 11.7 Å². The van der Waals surface area contributed by atoms with Gasteiger partial charge in [0.25, 0.3) is 0 Å². The second-order valence-corrected chi connectivity index (χ2v) is 7.49. The first kappa shape index (κ1) is 19.2. The van der Waals surface area contributed by atoms with E-state index in [0.29, 0.717) is 6.54 Å². The average Bonchev–Trinajstić information content (AvgIpc) is 3.39. The van der Waals surface area contributed by atoms with Crippen LogP contribution in [0.1, 0.15) is 29.7 Å². The van der Waals surface area contributed by atoms with Gasteiger partial charge in [0.2, 0.25) is 0 Å². The van der Waals surface area contributed by atoms with E-state index in [2.05, 4.69) is 38.8 Å². The van der Waals surface area contributed by atoms with E-state index < -0.39 is 0 Å². The Labute approximate surface area is 171 Å². The highest BCUT2D eigenvalue weighted by Crippen LogP contribution is 2.17. The number of nitrogens with zero attached hydrogens (tertiary/aromatic N) is 3. The molecule has 1 aliphatic heterocycles. The van der Waals surface area contributed by atoms with Gasteiger partial charge in [0.1, 0.15) is 0 Å². The molecular weight excluding hydrogens is 362 g/mol. The van der Waals surface area contributed by atoms with Crippen molar-refractivity contribution in [2.75, 3.05) is 18.4 Å². The van der Waals surface area contributed by atoms with Crippen LogP contribution in [0.5, 0.6) is 0 Å². The fraction of sp³-hybridized carbons (Fsp3) is 0.304. The van der Waals surface area contributed by atoms with Gasteiger partial charge in [-0.15, -0.1) is 0 Å². The largest absolute Gasteiger partial charge is 0.334 e. The van der Waals surface area contributed by atoms with E-state index in [1.807, 2.05) is 48.0 Å². The van der Waals surface area contributed by atoms with Crippen LogP contribution in [0, 0.1) is 6.92 Å². The number of hydrogen-bond acceptors (Lipinski definition) is 3. The van der Waals surface area contributed by atoms with E-state index >= 15 is 0 Å². The summed E-state index contributed by atoms with van der Waals surface area (Å²) in [6, 6.07) is 17.8. The smallest absolute Gasteiger partial charge is 0.319 e. The summed E-state index contributed by atoms with van der Waals surface area (Å²) in [4.78, 5) is 14.9. The van der Waals surface area contributed by atoms with Gasteiger partial charge < -0.3 is 10.6 Å². The Morgan fingerprint density at radius 2 is 1.83 bits per heavy atom. The lowest BCUT2D eigenvalue weighted by atomic mass is 10.1. The molecule has 1 saturated heterocycles. The summed E-state index contributed by atoms with van der Waals surface area (Å²) < 4.78 is 1.84. The molecule has 6 nitrogen and oxygen atoms in total. The first-order valence-corrected chi connectivity index (χ1v) is 10.1. The highest BCUT2D eigenvalue weighted by atomic mass is 16.2. The predicted molar refractivity (Wildman–Crippen MR) is 115 cm³/mol. The number of benzene rings is 2. The van der Waals surface area contributed by atoms with Crippen molar-refractivity contribution in [2.45, 2.75) is 32.9 Å². The van der Waals surface area contributed by atoms with Crippen LogP contribution in [0.25, 0.3) is 5.69 Å². The number of amides is 2. The number of nitrogens with one attached hydrogen (secondary N) is 2. The maximum atomic E-state index is 12.5. The number of aromatic nitrogens is 2. The highest BCUT2D eigenvalue weighted by molar-refractivity contribution is 5.89. The Hall–Kier alpha value is -3.12. The monoisotopic (exact) mass is 389 g/mol. The van der Waals surface area contributed by atoms with E-state index in [1.54, 1.807) is 6.20 Å². The van der Waals surface area contributed by atoms with Crippen molar-refractivity contribution in [1.82, 2.24) is 20.0 Å². The van der Waals surface area contributed by atoms with Gasteiger partial charge in [-0.2, -0.15) is 5.10 Å². The van der Waals surface area contributed by atoms with Gasteiger partial charge >= 0.3 is 6.03 Å². The third-order valence-corrected chi connectivity index (χ3v) is 5.33. The molecule has 0 aliphatic carbocycles. The van der Waals surface area contributed by atoms with Gasteiger partial charge in [0, 0.05) is 30.7 Å². The minimum absolute atomic E-state index is 0.213. The molecule has 0 bridgehead atoms. The zero-order chi connectivity index (χ0) is 20.1. The number of carbonyl (C=O) groups is 1. The second kappa shape index (κ2) is 8.92. The van der Waals surface area contributed by atoms with E-state index in [9.17, 15) is 4.79 Å². The molecule has 150 valence electrons. The third kappa shape index (κ3) is 4.84. The molecule has 1 aromatic heterocycles. The summed E-state index contributed by atoms with van der Waals surface area (Å²) in [5.74, 6) is 0. The van der Waals surface area contributed by atoms with Crippen molar-refractivity contribution < 1.29 is 4.79 Å². The molecule has 2 aromatic carbocycles. The highest BCUT2D eigenvalue weighted by Gasteiger charge is 2.14. The van der Waals surface area contributed by atoms with Crippen LogP contribution in [0.2, 0.25) is 0 Å². The fourth-order valence-electron chi connectivity index (χ4n) is 3.77. The molecule has 1 aliphatic rings. The molecule has 0 spiro atoms. The quantitative estimate of drug-likeness (QED) is 0.667. The number of anilines is 1. The molecular formula is C23H27N5O. The lowest BCUT2D eigenvalue weighted by Crippen LogP contribution is -2.29. The maximum absolute atomic E-state index is 12.5. The number of aryl methyl sites for hydroxylation is 1. The Morgan fingerprint density at radius 3 is 2.59 bits per heavy atom. The van der Waals surface area contributed by atoms with Crippen LogP contribution < -0.4 is 10.6 Å². The van der Waals surface area contributed by atoms with Gasteiger partial charge in [0.15, 0.2) is 0 Å². The second-order valence-electron chi connectivity index (χ2n) is 7.49. The van der Waals surface area contributed by atoms with Gasteiger partial charge in [-0.05, 0) is 68.2 Å². The zero-order valence-corrected chi connectivity index (χ0v) is 16.8. The number of likely N-dealkylation sites (tertiary alicyclic amines) is 1. The Balaban J connectivity index is 1.37. The van der Waals surface area contributed by atoms with Crippen LogP contribution in [-0.4, -0.2) is 33.8 Å². The van der Waals surface area contributed by atoms with Crippen LogP contribution in [0.15, 0.2) is 60.8 Å². The molecule has 6 heteroatoms. The Bertz CT molecular complexity index is 975. The standard InChI is InChI=1S/C23H27N5O/c1-18-11-12-25-28(18)22-10-6-9-21(15-22)26-23(29)24-16-19-7-2-3-8-20(19)17-27-13-4-5-14-27/h2-3,6-12,15H,4-5,13-14,16-17H2,1H3,(H2,24,26,29). The van der Waals surface area contributed by atoms with Gasteiger partial charge in [0.05, 0.1) is 5.69 Å². The first-order chi connectivity index (χ1) is 14.2. The molecule has 0 unspecified atom stereocenters. The zero-order valence-electron chi connectivity index (χ0n) is 16.8. The van der Waals surface area contributed by atoms with E-state index in [1.165, 1.54) is 18.4 Å². The van der Waals surface area contributed by atoms with Crippen molar-refractivity contribution in [1.29, 1.82) is 0 Å². The van der Waals surface area contributed by atoms with E-state index in [0.717, 1.165) is 42.3 Å². The molecule has 0 radical (unpaired) electrons. The summed E-state index contributed by atoms with van der Waals surface area (Å²) >= 11 is 0. The van der Waals surface area contributed by atoms with Crippen LogP contribution in [0.3, 0.4) is 0 Å². The van der Waals surface area contributed by atoms with E-state index in [-0.39, 0.29) is 6.03 Å². The Morgan fingerprint density at radius 1 is 1.03 bits per heavy atom. The molecule has 0 saturated carbocycles. The van der Waals surface area contributed by atoms with Gasteiger partial charge in [-0.25, -0.2) is 9.48 Å². The van der Waals surface area contributed by atoms with Crippen LogP contribution in [0.4, 0.5) is 10.5 Å². The summed E-state index contributed by atoms with van der Waals surface area (Å²) in [5.41, 5.74) is 5.14. The molecule has 2 N–H and O–H groups in total. The van der Waals surface area contributed by atoms with Gasteiger partial charge in [-0.3, -0.25) is 4.90 Å². The summed E-state index contributed by atoms with van der Waals surface area (Å²) in [6.07, 6.45) is 4.32. The van der Waals surface area contributed by atoms with E-state index in [4.69, 9.17) is 0 Å². The number of urea groups is 1. The minimum Gasteiger partial charge on any atom is -0.334 e. The first-order valence-electron chi connectivity index (χ1n) is 10.1. The van der Waals surface area contributed by atoms with Crippen molar-refractivity contribution in [3.63, 3.8) is 0 Å². The molecule has 1 fully saturated rings. The fourth-order valence-corrected chi connectivity index (χ4v) is 3.77. The lowest BCUT2D eigenvalue weighted by Gasteiger charge is -2.18. The number of rotatable bonds is 6. The van der Waals surface area contributed by atoms with Crippen LogP contribution >= 0.6 is 0 Å². The normalized spacial score (nSPS) is 14.1. The Kier molecular flexibility index (Phi) is 5.91. The van der Waals surface area contributed by atoms with Crippen molar-refractivity contribution in [3.8, 4) is 5.69 Å². The molecule has 29 heavy (non-hydrogen) atoms. The summed E-state index contributed by atoms with van der Waals surface area (Å²) in [5, 5.41) is 10.2. The lowest BCUT2D eigenvalue weighted by molar-refractivity contribution is 0.251. The SMILES string of the molecule is Cc1ccnn1-c1cccc(NC(=O)NCc2ccccc2CN2CCCC2)c1. The molecule has 0 atom stereocenters. The molecule has 2 amide bonds. The van der Waals surface area contributed by atoms with Crippen LogP contribution in [-0.2, 0) is 13.1 Å². The summed E-state index contributed by atoms with van der Waals surface area (Å²) in [6.45, 7) is 5.78. The maximum Gasteiger partial charge on any atom is 0.319 e. The number of carbonyl (C=O) groups excluding carboxylic acids is 1. The average molecular weight is 390 g/mol. The molecule has 3 aromatic rings. The third-order valence-electron chi connectivity index (χ3n) is 5.33. The summed E-state index contributed by atoms with van der Waals surface area (Å²) in [7, 11) is 0. The van der Waals surface area contributed by atoms with Crippen molar-refractivity contribution in [3.05, 3.63) is 77.6 Å². The predicted octanol–water partition coefficient (Wildman–Crippen LogP) is 4.10. The number of hydrogen-bond donors (Lipinski definition) is 2. The molecule has 4 rings (SSSR count).